The second-order valence-corrected chi connectivity index (χ2v) is 3.59. The van der Waals surface area contributed by atoms with Crippen molar-refractivity contribution in [3.05, 3.63) is 35.4 Å². The van der Waals surface area contributed by atoms with E-state index in [-0.39, 0.29) is 12.0 Å². The van der Waals surface area contributed by atoms with Crippen LogP contribution in [0, 0.1) is 0 Å². The maximum atomic E-state index is 13.0. The van der Waals surface area contributed by atoms with E-state index >= 15 is 0 Å². The zero-order valence-corrected chi connectivity index (χ0v) is 8.89. The second-order valence-electron chi connectivity index (χ2n) is 3.59. The SMILES string of the molecule is CCC([O])c1cccc(C(F)(F)C(F)(F)F)c1. The Morgan fingerprint density at radius 3 is 2.24 bits per heavy atom. The Kier molecular flexibility index (Phi) is 3.76. The van der Waals surface area contributed by atoms with Gasteiger partial charge in [0, 0.05) is 5.56 Å². The summed E-state index contributed by atoms with van der Waals surface area (Å²) < 4.78 is 62.3. The Morgan fingerprint density at radius 2 is 1.76 bits per heavy atom. The van der Waals surface area contributed by atoms with E-state index < -0.39 is 23.8 Å². The molecule has 0 aliphatic heterocycles. The minimum Gasteiger partial charge on any atom is -0.228 e. The van der Waals surface area contributed by atoms with Gasteiger partial charge in [-0.1, -0.05) is 25.1 Å². The van der Waals surface area contributed by atoms with Crippen LogP contribution in [0.5, 0.6) is 0 Å². The zero-order chi connectivity index (χ0) is 13.3. The van der Waals surface area contributed by atoms with Crippen LogP contribution < -0.4 is 0 Å². The van der Waals surface area contributed by atoms with Gasteiger partial charge >= 0.3 is 12.1 Å². The maximum absolute atomic E-state index is 13.0. The summed E-state index contributed by atoms with van der Waals surface area (Å²) in [5, 5.41) is 11.3. The van der Waals surface area contributed by atoms with Crippen molar-refractivity contribution in [2.45, 2.75) is 31.5 Å². The minimum atomic E-state index is -5.66. The van der Waals surface area contributed by atoms with Gasteiger partial charge in [0.25, 0.3) is 0 Å². The number of benzene rings is 1. The summed E-state index contributed by atoms with van der Waals surface area (Å²) in [6.07, 6.45) is -6.82. The molecule has 0 aliphatic rings. The number of rotatable bonds is 3. The van der Waals surface area contributed by atoms with Gasteiger partial charge in [-0.2, -0.15) is 22.0 Å². The fraction of sp³-hybridized carbons (Fsp3) is 0.455. The van der Waals surface area contributed by atoms with E-state index in [9.17, 15) is 27.1 Å². The standard InChI is InChI=1S/C11H10F5O/c1-2-9(17)7-4-3-5-8(6-7)10(12,13)11(14,15)16/h3-6,9H,2H2,1H3. The molecule has 1 radical (unpaired) electrons. The number of hydrogen-bond acceptors (Lipinski definition) is 0. The Labute approximate surface area is 94.9 Å². The molecule has 0 saturated heterocycles. The Morgan fingerprint density at radius 1 is 1.18 bits per heavy atom. The molecule has 0 N–H and O–H groups in total. The predicted molar refractivity (Wildman–Crippen MR) is 50.1 cm³/mol. The van der Waals surface area contributed by atoms with E-state index in [0.717, 1.165) is 6.07 Å². The summed E-state index contributed by atoms with van der Waals surface area (Å²) in [5.74, 6) is -4.93. The molecule has 1 rings (SSSR count). The molecule has 1 unspecified atom stereocenters. The molecule has 95 valence electrons. The first-order valence-electron chi connectivity index (χ1n) is 4.91. The molecule has 0 bridgehead atoms. The van der Waals surface area contributed by atoms with Crippen molar-refractivity contribution in [2.24, 2.45) is 0 Å². The third-order valence-electron chi connectivity index (χ3n) is 2.35. The molecule has 0 aromatic heterocycles. The number of halogens is 5. The van der Waals surface area contributed by atoms with E-state index in [4.69, 9.17) is 0 Å². The van der Waals surface area contributed by atoms with E-state index in [0.29, 0.717) is 12.1 Å². The van der Waals surface area contributed by atoms with Gasteiger partial charge in [-0.25, -0.2) is 5.11 Å². The van der Waals surface area contributed by atoms with Crippen molar-refractivity contribution >= 4 is 0 Å². The van der Waals surface area contributed by atoms with E-state index in [1.54, 1.807) is 0 Å². The highest BCUT2D eigenvalue weighted by Crippen LogP contribution is 2.44. The predicted octanol–water partition coefficient (Wildman–Crippen LogP) is 4.22. The molecule has 17 heavy (non-hydrogen) atoms. The van der Waals surface area contributed by atoms with E-state index in [1.165, 1.54) is 13.0 Å². The van der Waals surface area contributed by atoms with Crippen LogP contribution in [0.25, 0.3) is 0 Å². The summed E-state index contributed by atoms with van der Waals surface area (Å²) in [7, 11) is 0. The van der Waals surface area contributed by atoms with Gasteiger partial charge < -0.3 is 0 Å². The van der Waals surface area contributed by atoms with Crippen LogP contribution >= 0.6 is 0 Å². The van der Waals surface area contributed by atoms with Gasteiger partial charge in [0.05, 0.1) is 0 Å². The molecule has 0 saturated carbocycles. The van der Waals surface area contributed by atoms with Crippen molar-refractivity contribution in [1.82, 2.24) is 0 Å². The summed E-state index contributed by atoms with van der Waals surface area (Å²) in [6, 6.07) is 3.57. The van der Waals surface area contributed by atoms with Crippen LogP contribution in [-0.2, 0) is 11.0 Å². The third kappa shape index (κ3) is 2.74. The van der Waals surface area contributed by atoms with Crippen LogP contribution in [0.2, 0.25) is 0 Å². The third-order valence-corrected chi connectivity index (χ3v) is 2.35. The van der Waals surface area contributed by atoms with Crippen molar-refractivity contribution in [2.75, 3.05) is 0 Å². The molecule has 0 aliphatic carbocycles. The summed E-state index contributed by atoms with van der Waals surface area (Å²) in [5.41, 5.74) is -1.26. The molecule has 0 fully saturated rings. The van der Waals surface area contributed by atoms with Gasteiger partial charge in [0.15, 0.2) is 0 Å². The van der Waals surface area contributed by atoms with E-state index in [1.807, 2.05) is 0 Å². The topological polar surface area (TPSA) is 19.9 Å². The molecular weight excluding hydrogens is 243 g/mol. The average molecular weight is 253 g/mol. The second kappa shape index (κ2) is 4.60. The van der Waals surface area contributed by atoms with Crippen molar-refractivity contribution in [3.63, 3.8) is 0 Å². The van der Waals surface area contributed by atoms with Gasteiger partial charge in [-0.05, 0) is 18.1 Å². The highest BCUT2D eigenvalue weighted by atomic mass is 19.4. The fourth-order valence-electron chi connectivity index (χ4n) is 1.33. The molecule has 0 amide bonds. The van der Waals surface area contributed by atoms with Crippen LogP contribution in [0.3, 0.4) is 0 Å². The van der Waals surface area contributed by atoms with Gasteiger partial charge in [0.2, 0.25) is 0 Å². The first-order chi connectivity index (χ1) is 7.70. The molecule has 1 atom stereocenters. The molecule has 1 nitrogen and oxygen atoms in total. The summed E-state index contributed by atoms with van der Waals surface area (Å²) >= 11 is 0. The van der Waals surface area contributed by atoms with Crippen LogP contribution in [0.1, 0.15) is 30.6 Å². The van der Waals surface area contributed by atoms with E-state index in [2.05, 4.69) is 0 Å². The molecule has 0 heterocycles. The first kappa shape index (κ1) is 13.9. The summed E-state index contributed by atoms with van der Waals surface area (Å²) in [4.78, 5) is 0. The Hall–Kier alpha value is -1.17. The van der Waals surface area contributed by atoms with Crippen molar-refractivity contribution < 1.29 is 27.1 Å². The lowest BCUT2D eigenvalue weighted by Crippen LogP contribution is -2.33. The lowest BCUT2D eigenvalue weighted by molar-refractivity contribution is -0.289. The number of hydrogen-bond donors (Lipinski definition) is 0. The smallest absolute Gasteiger partial charge is 0.228 e. The molecule has 1 aromatic rings. The molecule has 0 spiro atoms. The lowest BCUT2D eigenvalue weighted by Gasteiger charge is -2.20. The molecular formula is C11H10F5O. The highest BCUT2D eigenvalue weighted by molar-refractivity contribution is 5.29. The molecule has 6 heteroatoms. The lowest BCUT2D eigenvalue weighted by atomic mass is 10.0. The minimum absolute atomic E-state index is 0.0612. The first-order valence-corrected chi connectivity index (χ1v) is 4.91. The quantitative estimate of drug-likeness (QED) is 0.719. The van der Waals surface area contributed by atoms with Gasteiger partial charge in [-0.15, -0.1) is 0 Å². The monoisotopic (exact) mass is 253 g/mol. The van der Waals surface area contributed by atoms with Crippen LogP contribution in [0.15, 0.2) is 24.3 Å². The van der Waals surface area contributed by atoms with Crippen molar-refractivity contribution in [1.29, 1.82) is 0 Å². The van der Waals surface area contributed by atoms with Crippen molar-refractivity contribution in [3.8, 4) is 0 Å². The van der Waals surface area contributed by atoms with Crippen LogP contribution in [-0.4, -0.2) is 6.18 Å². The van der Waals surface area contributed by atoms with Crippen LogP contribution in [0.4, 0.5) is 22.0 Å². The fourth-order valence-corrected chi connectivity index (χ4v) is 1.33. The maximum Gasteiger partial charge on any atom is 0.458 e. The Balaban J connectivity index is 3.16. The van der Waals surface area contributed by atoms with Gasteiger partial charge in [-0.3, -0.25) is 0 Å². The summed E-state index contributed by atoms with van der Waals surface area (Å²) in [6.45, 7) is 1.53. The van der Waals surface area contributed by atoms with Gasteiger partial charge in [0.1, 0.15) is 6.10 Å². The average Bonchev–Trinajstić information content (AvgIpc) is 2.26. The Bertz CT molecular complexity index is 386. The number of alkyl halides is 5. The normalized spacial score (nSPS) is 14.8. The molecule has 1 aromatic carbocycles. The highest BCUT2D eigenvalue weighted by Gasteiger charge is 2.58. The zero-order valence-electron chi connectivity index (χ0n) is 8.89. The largest absolute Gasteiger partial charge is 0.458 e.